The molecule has 1 fully saturated rings. The van der Waals surface area contributed by atoms with Gasteiger partial charge in [0.1, 0.15) is 0 Å². The second kappa shape index (κ2) is 6.82. The number of nitrogens with two attached hydrogens (primary N) is 1. The summed E-state index contributed by atoms with van der Waals surface area (Å²) >= 11 is 0. The highest BCUT2D eigenvalue weighted by Gasteiger charge is 2.37. The molecule has 0 saturated heterocycles. The monoisotopic (exact) mass is 267 g/mol. The molecule has 0 radical (unpaired) electrons. The van der Waals surface area contributed by atoms with E-state index in [9.17, 15) is 13.2 Å². The maximum Gasteiger partial charge on any atom is 0.416 e. The Morgan fingerprint density at radius 2 is 1.83 bits per heavy atom. The van der Waals surface area contributed by atoms with Gasteiger partial charge in [0.2, 0.25) is 0 Å². The lowest BCUT2D eigenvalue weighted by atomic mass is 10.1. The summed E-state index contributed by atoms with van der Waals surface area (Å²) in [5.41, 5.74) is 5.51. The van der Waals surface area contributed by atoms with E-state index in [1.54, 1.807) is 0 Å². The van der Waals surface area contributed by atoms with Crippen LogP contribution in [0.2, 0.25) is 0 Å². The molecule has 0 aliphatic heterocycles. The van der Waals surface area contributed by atoms with Gasteiger partial charge >= 0.3 is 6.18 Å². The summed E-state index contributed by atoms with van der Waals surface area (Å²) in [6, 6.07) is 0.180. The van der Waals surface area contributed by atoms with Crippen molar-refractivity contribution in [1.82, 2.24) is 5.32 Å². The van der Waals surface area contributed by atoms with Crippen molar-refractivity contribution in [2.24, 2.45) is 10.7 Å². The molecule has 7 heteroatoms. The molecule has 0 amide bonds. The van der Waals surface area contributed by atoms with Gasteiger partial charge in [-0.1, -0.05) is 25.7 Å². The highest BCUT2D eigenvalue weighted by Crippen LogP contribution is 2.20. The fourth-order valence-electron chi connectivity index (χ4n) is 1.97. The van der Waals surface area contributed by atoms with Gasteiger partial charge in [0.05, 0.1) is 6.54 Å². The van der Waals surface area contributed by atoms with Gasteiger partial charge in [-0.15, -0.1) is 0 Å². The number of alkyl halides is 3. The van der Waals surface area contributed by atoms with E-state index >= 15 is 0 Å². The number of guanidine groups is 1. The Bertz CT molecular complexity index is 273. The molecule has 4 nitrogen and oxygen atoms in total. The van der Waals surface area contributed by atoms with Crippen LogP contribution < -0.4 is 11.1 Å². The summed E-state index contributed by atoms with van der Waals surface area (Å²) in [6.45, 7) is -0.755. The molecule has 1 aliphatic carbocycles. The zero-order chi connectivity index (χ0) is 13.6. The molecule has 0 spiro atoms. The highest BCUT2D eigenvalue weighted by molar-refractivity contribution is 5.78. The van der Waals surface area contributed by atoms with Crippen LogP contribution in [0.5, 0.6) is 0 Å². The Balaban J connectivity index is 2.36. The van der Waals surface area contributed by atoms with Crippen molar-refractivity contribution in [3.05, 3.63) is 0 Å². The Hall–Kier alpha value is -0.980. The summed E-state index contributed by atoms with van der Waals surface area (Å²) in [7, 11) is 0. The SMILES string of the molecule is NC(=NCC(O)C(F)(F)F)NC1CCCCCC1. The molecule has 106 valence electrons. The maximum absolute atomic E-state index is 12.0. The molecule has 0 aromatic carbocycles. The van der Waals surface area contributed by atoms with Gasteiger partial charge in [0.15, 0.2) is 12.1 Å². The third-order valence-corrected chi connectivity index (χ3v) is 3.02. The molecule has 0 heterocycles. The van der Waals surface area contributed by atoms with Gasteiger partial charge in [-0.2, -0.15) is 13.2 Å². The second-order valence-corrected chi connectivity index (χ2v) is 4.62. The number of nitrogens with zero attached hydrogens (tertiary/aromatic N) is 1. The van der Waals surface area contributed by atoms with E-state index in [4.69, 9.17) is 10.8 Å². The molecule has 0 bridgehead atoms. The zero-order valence-electron chi connectivity index (χ0n) is 10.2. The molecule has 0 aromatic rings. The van der Waals surface area contributed by atoms with Gasteiger partial charge in [-0.05, 0) is 12.8 Å². The lowest BCUT2D eigenvalue weighted by Gasteiger charge is -2.17. The Morgan fingerprint density at radius 3 is 2.33 bits per heavy atom. The Morgan fingerprint density at radius 1 is 1.28 bits per heavy atom. The number of aliphatic hydroxyl groups is 1. The van der Waals surface area contributed by atoms with Crippen LogP contribution in [0.4, 0.5) is 13.2 Å². The number of hydrogen-bond acceptors (Lipinski definition) is 2. The van der Waals surface area contributed by atoms with Crippen LogP contribution in [-0.2, 0) is 0 Å². The number of nitrogens with one attached hydrogen (secondary N) is 1. The van der Waals surface area contributed by atoms with E-state index in [1.165, 1.54) is 12.8 Å². The van der Waals surface area contributed by atoms with Gasteiger partial charge in [-0.3, -0.25) is 4.99 Å². The average molecular weight is 267 g/mol. The van der Waals surface area contributed by atoms with Crippen molar-refractivity contribution >= 4 is 5.96 Å². The third kappa shape index (κ3) is 5.57. The van der Waals surface area contributed by atoms with E-state index in [2.05, 4.69) is 10.3 Å². The molecule has 18 heavy (non-hydrogen) atoms. The molecular formula is C11H20F3N3O. The van der Waals surface area contributed by atoms with Crippen LogP contribution in [0.1, 0.15) is 38.5 Å². The Labute approximate surface area is 104 Å². The molecule has 1 saturated carbocycles. The standard InChI is InChI=1S/C11H20F3N3O/c12-11(13,14)9(18)7-16-10(15)17-8-5-3-1-2-4-6-8/h8-9,18H,1-7H2,(H3,15,16,17). The third-order valence-electron chi connectivity index (χ3n) is 3.02. The van der Waals surface area contributed by atoms with Gasteiger partial charge in [-0.25, -0.2) is 0 Å². The van der Waals surface area contributed by atoms with Crippen molar-refractivity contribution in [1.29, 1.82) is 0 Å². The van der Waals surface area contributed by atoms with Gasteiger partial charge in [0.25, 0.3) is 0 Å². The van der Waals surface area contributed by atoms with E-state index in [-0.39, 0.29) is 12.0 Å². The molecule has 4 N–H and O–H groups in total. The van der Waals surface area contributed by atoms with Crippen LogP contribution in [-0.4, -0.2) is 35.9 Å². The lowest BCUT2D eigenvalue weighted by molar-refractivity contribution is -0.199. The summed E-state index contributed by atoms with van der Waals surface area (Å²) < 4.78 is 36.1. The fourth-order valence-corrected chi connectivity index (χ4v) is 1.97. The van der Waals surface area contributed by atoms with Crippen LogP contribution >= 0.6 is 0 Å². The minimum Gasteiger partial charge on any atom is -0.382 e. The van der Waals surface area contributed by atoms with Crippen molar-refractivity contribution < 1.29 is 18.3 Å². The van der Waals surface area contributed by atoms with Crippen LogP contribution in [0.3, 0.4) is 0 Å². The van der Waals surface area contributed by atoms with E-state index in [0.29, 0.717) is 0 Å². The summed E-state index contributed by atoms with van der Waals surface area (Å²) in [5, 5.41) is 11.7. The van der Waals surface area contributed by atoms with Gasteiger partial charge < -0.3 is 16.2 Å². The van der Waals surface area contributed by atoms with Crippen molar-refractivity contribution in [3.63, 3.8) is 0 Å². The predicted molar refractivity (Wildman–Crippen MR) is 63.2 cm³/mol. The molecule has 1 aliphatic rings. The minimum absolute atomic E-state index is 0.0230. The Kier molecular flexibility index (Phi) is 5.71. The average Bonchev–Trinajstić information content (AvgIpc) is 2.53. The summed E-state index contributed by atoms with van der Waals surface area (Å²) in [6.07, 6.45) is -0.634. The largest absolute Gasteiger partial charge is 0.416 e. The van der Waals surface area contributed by atoms with E-state index in [1.807, 2.05) is 0 Å². The second-order valence-electron chi connectivity index (χ2n) is 4.62. The number of aliphatic hydroxyl groups excluding tert-OH is 1. The predicted octanol–water partition coefficient (Wildman–Crippen LogP) is 1.54. The van der Waals surface area contributed by atoms with Gasteiger partial charge in [0, 0.05) is 6.04 Å². The van der Waals surface area contributed by atoms with Crippen LogP contribution in [0, 0.1) is 0 Å². The number of aliphatic imine (C=N–C) groups is 1. The first-order valence-electron chi connectivity index (χ1n) is 6.21. The first kappa shape index (κ1) is 15.1. The molecule has 1 atom stereocenters. The smallest absolute Gasteiger partial charge is 0.382 e. The minimum atomic E-state index is -4.65. The molecular weight excluding hydrogens is 247 g/mol. The summed E-state index contributed by atoms with van der Waals surface area (Å²) in [5.74, 6) is -0.0230. The fraction of sp³-hybridized carbons (Fsp3) is 0.909. The van der Waals surface area contributed by atoms with Crippen molar-refractivity contribution in [2.75, 3.05) is 6.54 Å². The molecule has 0 aromatic heterocycles. The molecule has 1 rings (SSSR count). The normalized spacial score (nSPS) is 21.4. The van der Waals surface area contributed by atoms with Crippen molar-refractivity contribution in [2.45, 2.75) is 56.8 Å². The topological polar surface area (TPSA) is 70.6 Å². The van der Waals surface area contributed by atoms with Crippen molar-refractivity contribution in [3.8, 4) is 0 Å². The van der Waals surface area contributed by atoms with E-state index < -0.39 is 18.8 Å². The number of rotatable bonds is 3. The molecule has 1 unspecified atom stereocenters. The highest BCUT2D eigenvalue weighted by atomic mass is 19.4. The first-order valence-corrected chi connectivity index (χ1v) is 6.21. The summed E-state index contributed by atoms with van der Waals surface area (Å²) in [4.78, 5) is 3.53. The quantitative estimate of drug-likeness (QED) is 0.412. The van der Waals surface area contributed by atoms with Crippen LogP contribution in [0.25, 0.3) is 0 Å². The zero-order valence-corrected chi connectivity index (χ0v) is 10.2. The maximum atomic E-state index is 12.0. The van der Waals surface area contributed by atoms with Crippen LogP contribution in [0.15, 0.2) is 4.99 Å². The first-order chi connectivity index (χ1) is 8.39. The number of hydrogen-bond donors (Lipinski definition) is 3. The number of halogens is 3. The van der Waals surface area contributed by atoms with E-state index in [0.717, 1.165) is 25.7 Å². The lowest BCUT2D eigenvalue weighted by Crippen LogP contribution is -2.41.